The van der Waals surface area contributed by atoms with Gasteiger partial charge in [0.05, 0.1) is 11.6 Å². The molecule has 1 N–H and O–H groups in total. The first-order valence-corrected chi connectivity index (χ1v) is 4.95. The molecule has 16 heavy (non-hydrogen) atoms. The summed E-state index contributed by atoms with van der Waals surface area (Å²) in [5.74, 6) is -1.31. The van der Waals surface area contributed by atoms with Gasteiger partial charge in [-0.25, -0.2) is 9.78 Å². The molecule has 0 bridgehead atoms. The summed E-state index contributed by atoms with van der Waals surface area (Å²) in [6, 6.07) is 1.46. The number of aromatic hydroxyl groups is 1. The second kappa shape index (κ2) is 4.02. The summed E-state index contributed by atoms with van der Waals surface area (Å²) >= 11 is 5.70. The Kier molecular flexibility index (Phi) is 2.70. The number of hydrogen-bond acceptors (Lipinski definition) is 5. The summed E-state index contributed by atoms with van der Waals surface area (Å²) in [6.45, 7) is 1.86. The molecule has 5 nitrogen and oxygen atoms in total. The van der Waals surface area contributed by atoms with Crippen LogP contribution in [0, 0.1) is 0 Å². The van der Waals surface area contributed by atoms with Gasteiger partial charge in [-0.15, -0.1) is 0 Å². The van der Waals surface area contributed by atoms with Crippen molar-refractivity contribution >= 4 is 28.7 Å². The molecule has 0 spiro atoms. The maximum Gasteiger partial charge on any atom is 0.378 e. The molecule has 2 heterocycles. The second-order valence-corrected chi connectivity index (χ2v) is 3.44. The van der Waals surface area contributed by atoms with E-state index in [1.54, 1.807) is 6.92 Å². The van der Waals surface area contributed by atoms with Crippen LogP contribution < -0.4 is 0 Å². The summed E-state index contributed by atoms with van der Waals surface area (Å²) in [5, 5.41) is 10.0. The highest BCUT2D eigenvalue weighted by Crippen LogP contribution is 2.31. The first kappa shape index (κ1) is 10.8. The first-order valence-electron chi connectivity index (χ1n) is 4.57. The third-order valence-corrected chi connectivity index (χ3v) is 2.14. The second-order valence-electron chi connectivity index (χ2n) is 3.00. The molecule has 0 amide bonds. The Balaban J connectivity index is 2.55. The minimum absolute atomic E-state index is 0.187. The lowest BCUT2D eigenvalue weighted by molar-refractivity contribution is 0.0488. The van der Waals surface area contributed by atoms with E-state index in [4.69, 9.17) is 20.8 Å². The summed E-state index contributed by atoms with van der Waals surface area (Å²) in [4.78, 5) is 15.2. The number of nitrogens with zero attached hydrogens (tertiary/aromatic N) is 1. The lowest BCUT2D eigenvalue weighted by Crippen LogP contribution is -2.02. The van der Waals surface area contributed by atoms with Gasteiger partial charge in [-0.05, 0) is 6.92 Å². The molecule has 2 aromatic heterocycles. The molecule has 0 atom stereocenters. The van der Waals surface area contributed by atoms with E-state index in [2.05, 4.69) is 4.98 Å². The summed E-state index contributed by atoms with van der Waals surface area (Å²) in [5.41, 5.74) is 0.431. The molecule has 0 saturated carbocycles. The fourth-order valence-corrected chi connectivity index (χ4v) is 1.43. The van der Waals surface area contributed by atoms with Crippen LogP contribution in [0.2, 0.25) is 5.02 Å². The van der Waals surface area contributed by atoms with Gasteiger partial charge in [0.2, 0.25) is 0 Å². The van der Waals surface area contributed by atoms with E-state index in [1.165, 1.54) is 12.3 Å². The number of aromatic nitrogens is 1. The molecule has 2 rings (SSSR count). The van der Waals surface area contributed by atoms with Crippen molar-refractivity contribution in [3.63, 3.8) is 0 Å². The van der Waals surface area contributed by atoms with Gasteiger partial charge in [0.15, 0.2) is 16.8 Å². The van der Waals surface area contributed by atoms with E-state index in [9.17, 15) is 9.90 Å². The molecule has 0 aliphatic rings. The van der Waals surface area contributed by atoms with Crippen LogP contribution in [-0.4, -0.2) is 22.7 Å². The normalized spacial score (nSPS) is 10.6. The van der Waals surface area contributed by atoms with Crippen LogP contribution in [0.3, 0.4) is 0 Å². The van der Waals surface area contributed by atoms with Crippen LogP contribution in [0.1, 0.15) is 17.5 Å². The van der Waals surface area contributed by atoms with Gasteiger partial charge in [-0.2, -0.15) is 0 Å². The number of pyridine rings is 1. The number of furan rings is 1. The average Bonchev–Trinajstić information content (AvgIpc) is 2.56. The van der Waals surface area contributed by atoms with Crippen LogP contribution in [0.4, 0.5) is 0 Å². The number of fused-ring (bicyclic) bond motifs is 1. The van der Waals surface area contributed by atoms with Gasteiger partial charge in [0.1, 0.15) is 0 Å². The van der Waals surface area contributed by atoms with Crippen LogP contribution in [0.25, 0.3) is 11.1 Å². The predicted octanol–water partition coefficient (Wildman–Crippen LogP) is 2.36. The summed E-state index contributed by atoms with van der Waals surface area (Å²) in [6.07, 6.45) is 1.36. The molecule has 0 fully saturated rings. The Morgan fingerprint density at radius 2 is 2.44 bits per heavy atom. The van der Waals surface area contributed by atoms with E-state index in [-0.39, 0.29) is 29.2 Å². The van der Waals surface area contributed by atoms with E-state index < -0.39 is 5.97 Å². The Morgan fingerprint density at radius 1 is 1.69 bits per heavy atom. The lowest BCUT2D eigenvalue weighted by Gasteiger charge is -1.96. The Morgan fingerprint density at radius 3 is 3.12 bits per heavy atom. The molecule has 0 aromatic carbocycles. The molecule has 2 aromatic rings. The maximum atomic E-state index is 11.4. The number of carbonyl (C=O) groups is 1. The van der Waals surface area contributed by atoms with Gasteiger partial charge in [0.25, 0.3) is 5.76 Å². The van der Waals surface area contributed by atoms with Crippen molar-refractivity contribution < 1.29 is 19.1 Å². The van der Waals surface area contributed by atoms with E-state index in [0.29, 0.717) is 5.02 Å². The van der Waals surface area contributed by atoms with Crippen LogP contribution in [0.5, 0.6) is 5.75 Å². The largest absolute Gasteiger partial charge is 0.502 e. The zero-order chi connectivity index (χ0) is 11.7. The quantitative estimate of drug-likeness (QED) is 0.817. The number of carbonyl (C=O) groups excluding carboxylic acids is 1. The van der Waals surface area contributed by atoms with E-state index in [1.807, 2.05) is 0 Å². The van der Waals surface area contributed by atoms with Crippen LogP contribution in [-0.2, 0) is 4.74 Å². The van der Waals surface area contributed by atoms with Crippen molar-refractivity contribution in [2.24, 2.45) is 0 Å². The highest BCUT2D eigenvalue weighted by Gasteiger charge is 2.22. The zero-order valence-corrected chi connectivity index (χ0v) is 9.11. The molecular formula is C10H8ClNO4. The zero-order valence-electron chi connectivity index (χ0n) is 8.36. The van der Waals surface area contributed by atoms with Gasteiger partial charge in [-0.3, -0.25) is 0 Å². The fourth-order valence-electron chi connectivity index (χ4n) is 1.28. The number of halogens is 1. The average molecular weight is 242 g/mol. The topological polar surface area (TPSA) is 72.6 Å². The van der Waals surface area contributed by atoms with Gasteiger partial charge in [0, 0.05) is 12.3 Å². The molecule has 0 aliphatic carbocycles. The summed E-state index contributed by atoms with van der Waals surface area (Å²) in [7, 11) is 0. The molecule has 0 radical (unpaired) electrons. The Bertz CT molecular complexity index is 549. The molecule has 6 heteroatoms. The van der Waals surface area contributed by atoms with Crippen LogP contribution >= 0.6 is 11.6 Å². The third kappa shape index (κ3) is 1.69. The minimum atomic E-state index is -0.728. The minimum Gasteiger partial charge on any atom is -0.502 e. The number of hydrogen-bond donors (Lipinski definition) is 1. The fraction of sp³-hybridized carbons (Fsp3) is 0.200. The smallest absolute Gasteiger partial charge is 0.378 e. The molecule has 0 saturated heterocycles. The highest BCUT2D eigenvalue weighted by molar-refractivity contribution is 6.31. The van der Waals surface area contributed by atoms with Gasteiger partial charge in [-0.1, -0.05) is 11.6 Å². The van der Waals surface area contributed by atoms with Crippen molar-refractivity contribution in [2.45, 2.75) is 6.92 Å². The molecule has 0 unspecified atom stereocenters. The Labute approximate surface area is 95.6 Å². The van der Waals surface area contributed by atoms with Crippen molar-refractivity contribution in [2.75, 3.05) is 6.61 Å². The SMILES string of the molecule is CCOC(=O)c1oc2cc(Cl)cnc2c1O. The maximum absolute atomic E-state index is 11.4. The third-order valence-electron chi connectivity index (χ3n) is 1.93. The lowest BCUT2D eigenvalue weighted by atomic mass is 10.3. The van der Waals surface area contributed by atoms with E-state index in [0.717, 1.165) is 0 Å². The van der Waals surface area contributed by atoms with Gasteiger partial charge >= 0.3 is 5.97 Å². The molecule has 0 aliphatic heterocycles. The standard InChI is InChI=1S/C10H8ClNO4/c1-2-15-10(14)9-8(13)7-6(16-9)3-5(11)4-12-7/h3-4,13H,2H2,1H3. The number of esters is 1. The first-order chi connectivity index (χ1) is 7.63. The van der Waals surface area contributed by atoms with Gasteiger partial charge < -0.3 is 14.3 Å². The van der Waals surface area contributed by atoms with Crippen molar-refractivity contribution in [1.29, 1.82) is 0 Å². The number of rotatable bonds is 2. The van der Waals surface area contributed by atoms with Crippen molar-refractivity contribution in [1.82, 2.24) is 4.98 Å². The monoisotopic (exact) mass is 241 g/mol. The highest BCUT2D eigenvalue weighted by atomic mass is 35.5. The van der Waals surface area contributed by atoms with Crippen LogP contribution in [0.15, 0.2) is 16.7 Å². The van der Waals surface area contributed by atoms with E-state index >= 15 is 0 Å². The Hall–Kier alpha value is -1.75. The van der Waals surface area contributed by atoms with Crippen molar-refractivity contribution in [3.8, 4) is 5.75 Å². The summed E-state index contributed by atoms with van der Waals surface area (Å²) < 4.78 is 9.84. The van der Waals surface area contributed by atoms with Crippen molar-refractivity contribution in [3.05, 3.63) is 23.0 Å². The molecule has 84 valence electrons. The molecular weight excluding hydrogens is 234 g/mol. The number of ether oxygens (including phenoxy) is 1. The predicted molar refractivity (Wildman–Crippen MR) is 56.6 cm³/mol.